The molecule has 0 aromatic heterocycles. The van der Waals surface area contributed by atoms with Gasteiger partial charge in [-0.15, -0.1) is 13.2 Å². The van der Waals surface area contributed by atoms with Crippen LogP contribution in [0.1, 0.15) is 27.7 Å². The van der Waals surface area contributed by atoms with Crippen LogP contribution in [-0.4, -0.2) is 36.8 Å². The summed E-state index contributed by atoms with van der Waals surface area (Å²) >= 11 is 0. The van der Waals surface area contributed by atoms with Crippen LogP contribution in [0.2, 0.25) is 0 Å². The second-order valence-corrected chi connectivity index (χ2v) is 4.52. The number of nitrogens with one attached hydrogen (secondary N) is 1. The molecule has 0 aromatic carbocycles. The average molecular weight is 258 g/mol. The van der Waals surface area contributed by atoms with Crippen molar-refractivity contribution in [3.63, 3.8) is 0 Å². The summed E-state index contributed by atoms with van der Waals surface area (Å²) in [5, 5.41) is 4.02. The van der Waals surface area contributed by atoms with Crippen molar-refractivity contribution in [1.29, 1.82) is 0 Å². The molecule has 5 heteroatoms. The first-order valence-corrected chi connectivity index (χ1v) is 5.63. The van der Waals surface area contributed by atoms with Crippen molar-refractivity contribution < 1.29 is 14.4 Å². The highest BCUT2D eigenvalue weighted by atomic mass is 16.7. The second kappa shape index (κ2) is 8.58. The summed E-state index contributed by atoms with van der Waals surface area (Å²) in [5.41, 5.74) is -0.333. The third-order valence-electron chi connectivity index (χ3n) is 1.76. The van der Waals surface area contributed by atoms with Crippen molar-refractivity contribution in [1.82, 2.24) is 10.4 Å². The van der Waals surface area contributed by atoms with Crippen molar-refractivity contribution in [3.05, 3.63) is 25.6 Å². The third-order valence-corrected chi connectivity index (χ3v) is 1.76. The first-order valence-electron chi connectivity index (χ1n) is 5.63. The van der Waals surface area contributed by atoms with Crippen LogP contribution < -0.4 is 5.32 Å². The standard InChI is InChI=1S/C11H22N2O3.C2H4/c1-8(10(14)13(6)15-7)12-9(2)16-11(3,4)5;1-2/h8,12H,2H2,1,3-7H3;1-2H2. The highest BCUT2D eigenvalue weighted by Gasteiger charge is 2.20. The van der Waals surface area contributed by atoms with Gasteiger partial charge in [-0.3, -0.25) is 9.63 Å². The maximum absolute atomic E-state index is 11.6. The fourth-order valence-corrected chi connectivity index (χ4v) is 1.06. The lowest BCUT2D eigenvalue weighted by atomic mass is 10.2. The third kappa shape index (κ3) is 8.64. The van der Waals surface area contributed by atoms with Crippen LogP contribution in [0.5, 0.6) is 0 Å². The number of carbonyl (C=O) groups is 1. The predicted octanol–water partition coefficient (Wildman–Crippen LogP) is 2.07. The molecule has 0 saturated carbocycles. The normalized spacial score (nSPS) is 11.7. The molecular formula is C13H26N2O3. The number of ether oxygens (including phenoxy) is 1. The van der Waals surface area contributed by atoms with E-state index in [1.807, 2.05) is 20.8 Å². The first kappa shape index (κ1) is 18.9. The highest BCUT2D eigenvalue weighted by molar-refractivity contribution is 5.80. The lowest BCUT2D eigenvalue weighted by Gasteiger charge is -2.26. The molecule has 5 nitrogen and oxygen atoms in total. The SMILES string of the molecule is C=C.C=C(NC(C)C(=O)N(C)OC)OC(C)(C)C. The van der Waals surface area contributed by atoms with Crippen LogP contribution in [0.15, 0.2) is 25.6 Å². The van der Waals surface area contributed by atoms with Crippen LogP contribution >= 0.6 is 0 Å². The number of nitrogens with zero attached hydrogens (tertiary/aromatic N) is 1. The Kier molecular flexibility index (Phi) is 8.99. The van der Waals surface area contributed by atoms with Crippen LogP contribution in [-0.2, 0) is 14.4 Å². The maximum Gasteiger partial charge on any atom is 0.268 e. The molecule has 0 saturated heterocycles. The summed E-state index contributed by atoms with van der Waals surface area (Å²) in [6, 6.07) is -0.445. The van der Waals surface area contributed by atoms with Crippen molar-refractivity contribution in [2.45, 2.75) is 39.3 Å². The minimum Gasteiger partial charge on any atom is -0.474 e. The van der Waals surface area contributed by atoms with Gasteiger partial charge in [-0.2, -0.15) is 0 Å². The van der Waals surface area contributed by atoms with Gasteiger partial charge < -0.3 is 10.1 Å². The Morgan fingerprint density at radius 2 is 1.78 bits per heavy atom. The summed E-state index contributed by atoms with van der Waals surface area (Å²) in [6.07, 6.45) is 0. The lowest BCUT2D eigenvalue weighted by Crippen LogP contribution is -2.43. The monoisotopic (exact) mass is 258 g/mol. The summed E-state index contributed by atoms with van der Waals surface area (Å²) in [7, 11) is 2.99. The van der Waals surface area contributed by atoms with Crippen molar-refractivity contribution >= 4 is 5.91 Å². The average Bonchev–Trinajstić information content (AvgIpc) is 2.26. The molecule has 0 aliphatic rings. The Bertz CT molecular complexity index is 272. The van der Waals surface area contributed by atoms with Gasteiger partial charge in [-0.1, -0.05) is 0 Å². The number of likely N-dealkylation sites (N-methyl/N-ethyl adjacent to an activating group) is 1. The van der Waals surface area contributed by atoms with Crippen molar-refractivity contribution in [2.75, 3.05) is 14.2 Å². The van der Waals surface area contributed by atoms with Gasteiger partial charge in [0.15, 0.2) is 5.88 Å². The molecule has 0 rings (SSSR count). The van der Waals surface area contributed by atoms with E-state index in [4.69, 9.17) is 9.57 Å². The number of rotatable bonds is 5. The molecule has 1 unspecified atom stereocenters. The largest absolute Gasteiger partial charge is 0.474 e. The van der Waals surface area contributed by atoms with Crippen molar-refractivity contribution in [3.8, 4) is 0 Å². The second-order valence-electron chi connectivity index (χ2n) is 4.52. The zero-order chi connectivity index (χ0) is 14.9. The maximum atomic E-state index is 11.6. The molecule has 1 atom stereocenters. The molecule has 1 N–H and O–H groups in total. The van der Waals surface area contributed by atoms with E-state index in [-0.39, 0.29) is 11.5 Å². The van der Waals surface area contributed by atoms with E-state index in [1.54, 1.807) is 14.0 Å². The van der Waals surface area contributed by atoms with E-state index in [0.717, 1.165) is 5.06 Å². The molecular weight excluding hydrogens is 232 g/mol. The summed E-state index contributed by atoms with van der Waals surface area (Å²) in [4.78, 5) is 16.4. The minimum atomic E-state index is -0.445. The van der Waals surface area contributed by atoms with E-state index in [2.05, 4.69) is 25.1 Å². The van der Waals surface area contributed by atoms with Crippen molar-refractivity contribution in [2.24, 2.45) is 0 Å². The van der Waals surface area contributed by atoms with Crippen LogP contribution in [0.4, 0.5) is 0 Å². The molecule has 0 radical (unpaired) electrons. The molecule has 0 bridgehead atoms. The van der Waals surface area contributed by atoms with E-state index in [0.29, 0.717) is 5.88 Å². The molecule has 0 aliphatic heterocycles. The Morgan fingerprint density at radius 3 is 2.11 bits per heavy atom. The molecule has 0 aromatic rings. The van der Waals surface area contributed by atoms with Gasteiger partial charge in [-0.05, 0) is 34.3 Å². The Labute approximate surface area is 110 Å². The Hall–Kier alpha value is -1.49. The van der Waals surface area contributed by atoms with Gasteiger partial charge in [0.1, 0.15) is 11.6 Å². The molecule has 0 heterocycles. The van der Waals surface area contributed by atoms with E-state index in [9.17, 15) is 4.79 Å². The van der Waals surface area contributed by atoms with Gasteiger partial charge in [0.2, 0.25) is 0 Å². The fraction of sp³-hybridized carbons (Fsp3) is 0.615. The number of hydrogen-bond acceptors (Lipinski definition) is 4. The van der Waals surface area contributed by atoms with Gasteiger partial charge >= 0.3 is 0 Å². The van der Waals surface area contributed by atoms with Gasteiger partial charge in [-0.25, -0.2) is 5.06 Å². The quantitative estimate of drug-likeness (QED) is 0.466. The molecule has 18 heavy (non-hydrogen) atoms. The highest BCUT2D eigenvalue weighted by Crippen LogP contribution is 2.10. The molecule has 0 aliphatic carbocycles. The Morgan fingerprint density at radius 1 is 1.33 bits per heavy atom. The summed E-state index contributed by atoms with van der Waals surface area (Å²) in [5.74, 6) is 0.180. The van der Waals surface area contributed by atoms with E-state index in [1.165, 1.54) is 7.11 Å². The minimum absolute atomic E-state index is 0.193. The fourth-order valence-electron chi connectivity index (χ4n) is 1.06. The zero-order valence-corrected chi connectivity index (χ0v) is 12.4. The van der Waals surface area contributed by atoms with Crippen LogP contribution in [0.3, 0.4) is 0 Å². The van der Waals surface area contributed by atoms with Crippen LogP contribution in [0, 0.1) is 0 Å². The molecule has 0 fully saturated rings. The summed E-state index contributed by atoms with van der Waals surface area (Å²) in [6.45, 7) is 17.2. The van der Waals surface area contributed by atoms with Gasteiger partial charge in [0.25, 0.3) is 5.91 Å². The van der Waals surface area contributed by atoms with Crippen LogP contribution in [0.25, 0.3) is 0 Å². The lowest BCUT2D eigenvalue weighted by molar-refractivity contribution is -0.170. The molecule has 0 spiro atoms. The zero-order valence-electron chi connectivity index (χ0n) is 12.4. The molecule has 106 valence electrons. The molecule has 1 amide bonds. The summed E-state index contributed by atoms with van der Waals surface area (Å²) < 4.78 is 5.45. The number of carbonyl (C=O) groups excluding carboxylic acids is 1. The van der Waals surface area contributed by atoms with E-state index < -0.39 is 6.04 Å². The smallest absolute Gasteiger partial charge is 0.268 e. The Balaban J connectivity index is 0. The van der Waals surface area contributed by atoms with E-state index >= 15 is 0 Å². The first-order chi connectivity index (χ1) is 8.17. The number of hydrogen-bond donors (Lipinski definition) is 1. The topological polar surface area (TPSA) is 50.8 Å². The van der Waals surface area contributed by atoms with Gasteiger partial charge in [0.05, 0.1) is 7.11 Å². The number of amides is 1. The predicted molar refractivity (Wildman–Crippen MR) is 73.6 cm³/mol. The number of hydroxylamine groups is 2. The van der Waals surface area contributed by atoms with Gasteiger partial charge in [0, 0.05) is 7.05 Å².